The van der Waals surface area contributed by atoms with E-state index < -0.39 is 11.7 Å². The molecule has 1 aromatic rings. The summed E-state index contributed by atoms with van der Waals surface area (Å²) in [5, 5.41) is 3.75. The maximum atomic E-state index is 11.3. The summed E-state index contributed by atoms with van der Waals surface area (Å²) in [5.74, 6) is 0.775. The third kappa shape index (κ3) is 6.04. The van der Waals surface area contributed by atoms with Crippen molar-refractivity contribution >= 4 is 18.4 Å². The van der Waals surface area contributed by atoms with Crippen molar-refractivity contribution in [3.8, 4) is 5.75 Å². The highest BCUT2D eigenvalue weighted by molar-refractivity contribution is 5.80. The van der Waals surface area contributed by atoms with E-state index >= 15 is 0 Å². The fourth-order valence-electron chi connectivity index (χ4n) is 1.38. The molecule has 0 aliphatic carbocycles. The molecule has 108 valence electrons. The number of hydrogen-bond donors (Lipinski definition) is 1. The van der Waals surface area contributed by atoms with Gasteiger partial charge in [0.2, 0.25) is 0 Å². The molecule has 0 aliphatic rings. The minimum atomic E-state index is -0.584. The standard InChI is InChI=1S/C15H20N2O3/c1-15(2,3)20-14(18)17-16-11-7-9-12-8-5-6-10-13(12)19-4/h5-11H,1-4H3,(H,17,18)/b9-7+,16-11+. The van der Waals surface area contributed by atoms with Crippen LogP contribution < -0.4 is 10.2 Å². The van der Waals surface area contributed by atoms with Crippen LogP contribution in [-0.2, 0) is 4.74 Å². The van der Waals surface area contributed by atoms with E-state index in [0.717, 1.165) is 11.3 Å². The molecule has 1 amide bonds. The van der Waals surface area contributed by atoms with Gasteiger partial charge in [-0.25, -0.2) is 10.2 Å². The van der Waals surface area contributed by atoms with Crippen molar-refractivity contribution in [1.29, 1.82) is 0 Å². The van der Waals surface area contributed by atoms with E-state index in [0.29, 0.717) is 0 Å². The maximum Gasteiger partial charge on any atom is 0.428 e. The van der Waals surface area contributed by atoms with E-state index in [9.17, 15) is 4.79 Å². The van der Waals surface area contributed by atoms with Gasteiger partial charge in [-0.2, -0.15) is 5.10 Å². The van der Waals surface area contributed by atoms with Gasteiger partial charge in [-0.05, 0) is 39.0 Å². The SMILES string of the molecule is COc1ccccc1/C=C/C=N/NC(=O)OC(C)(C)C. The van der Waals surface area contributed by atoms with Crippen LogP contribution in [0.25, 0.3) is 6.08 Å². The smallest absolute Gasteiger partial charge is 0.428 e. The topological polar surface area (TPSA) is 59.9 Å². The highest BCUT2D eigenvalue weighted by Gasteiger charge is 2.15. The van der Waals surface area contributed by atoms with Crippen LogP contribution in [0.1, 0.15) is 26.3 Å². The molecule has 0 aromatic heterocycles. The average molecular weight is 276 g/mol. The lowest BCUT2D eigenvalue weighted by molar-refractivity contribution is 0.0529. The predicted octanol–water partition coefficient (Wildman–Crippen LogP) is 3.22. The van der Waals surface area contributed by atoms with Crippen molar-refractivity contribution in [2.45, 2.75) is 26.4 Å². The number of nitrogens with zero attached hydrogens (tertiary/aromatic N) is 1. The molecular formula is C15H20N2O3. The van der Waals surface area contributed by atoms with E-state index in [4.69, 9.17) is 9.47 Å². The number of carbonyl (C=O) groups is 1. The van der Waals surface area contributed by atoms with Crippen molar-refractivity contribution in [3.05, 3.63) is 35.9 Å². The zero-order chi connectivity index (χ0) is 15.0. The van der Waals surface area contributed by atoms with Crippen LogP contribution in [0, 0.1) is 0 Å². The third-order valence-electron chi connectivity index (χ3n) is 2.13. The first-order chi connectivity index (χ1) is 9.42. The summed E-state index contributed by atoms with van der Waals surface area (Å²) in [7, 11) is 1.62. The highest BCUT2D eigenvalue weighted by atomic mass is 16.6. The molecule has 0 unspecified atom stereocenters. The van der Waals surface area contributed by atoms with Gasteiger partial charge in [0.1, 0.15) is 11.4 Å². The third-order valence-corrected chi connectivity index (χ3v) is 2.13. The molecule has 0 bridgehead atoms. The van der Waals surface area contributed by atoms with Gasteiger partial charge in [0.05, 0.1) is 7.11 Å². The zero-order valence-corrected chi connectivity index (χ0v) is 12.2. The summed E-state index contributed by atoms with van der Waals surface area (Å²) in [4.78, 5) is 11.3. The number of carbonyl (C=O) groups excluding carboxylic acids is 1. The summed E-state index contributed by atoms with van der Waals surface area (Å²) < 4.78 is 10.2. The zero-order valence-electron chi connectivity index (χ0n) is 12.2. The van der Waals surface area contributed by atoms with Crippen molar-refractivity contribution in [3.63, 3.8) is 0 Å². The van der Waals surface area contributed by atoms with Crippen molar-refractivity contribution in [2.24, 2.45) is 5.10 Å². The molecule has 0 fully saturated rings. The molecular weight excluding hydrogens is 256 g/mol. The monoisotopic (exact) mass is 276 g/mol. The summed E-state index contributed by atoms with van der Waals surface area (Å²) in [5.41, 5.74) is 2.67. The molecule has 0 saturated carbocycles. The second-order valence-electron chi connectivity index (χ2n) is 4.99. The van der Waals surface area contributed by atoms with Gasteiger partial charge < -0.3 is 9.47 Å². The van der Waals surface area contributed by atoms with Crippen molar-refractivity contribution < 1.29 is 14.3 Å². The highest BCUT2D eigenvalue weighted by Crippen LogP contribution is 2.18. The average Bonchev–Trinajstić information content (AvgIpc) is 2.36. The van der Waals surface area contributed by atoms with Crippen molar-refractivity contribution in [2.75, 3.05) is 7.11 Å². The molecule has 5 nitrogen and oxygen atoms in total. The molecule has 1 aromatic carbocycles. The molecule has 1 N–H and O–H groups in total. The fraction of sp³-hybridized carbons (Fsp3) is 0.333. The van der Waals surface area contributed by atoms with E-state index in [2.05, 4.69) is 10.5 Å². The molecule has 0 aliphatic heterocycles. The minimum absolute atomic E-state index is 0.535. The Bertz CT molecular complexity index is 502. The molecule has 0 radical (unpaired) electrons. The van der Waals surface area contributed by atoms with Gasteiger partial charge in [-0.1, -0.05) is 18.2 Å². The number of allylic oxidation sites excluding steroid dienone is 1. The number of nitrogens with one attached hydrogen (secondary N) is 1. The lowest BCUT2D eigenvalue weighted by Gasteiger charge is -2.18. The molecule has 0 spiro atoms. The summed E-state index contributed by atoms with van der Waals surface area (Å²) >= 11 is 0. The van der Waals surface area contributed by atoms with Gasteiger partial charge in [-0.3, -0.25) is 0 Å². The first-order valence-corrected chi connectivity index (χ1v) is 6.24. The Morgan fingerprint density at radius 3 is 2.65 bits per heavy atom. The number of methoxy groups -OCH3 is 1. The Hall–Kier alpha value is -2.30. The van der Waals surface area contributed by atoms with Gasteiger partial charge >= 0.3 is 6.09 Å². The first kappa shape index (κ1) is 15.8. The lowest BCUT2D eigenvalue weighted by atomic mass is 10.2. The van der Waals surface area contributed by atoms with Crippen LogP contribution >= 0.6 is 0 Å². The van der Waals surface area contributed by atoms with E-state index in [-0.39, 0.29) is 0 Å². The van der Waals surface area contributed by atoms with E-state index in [1.807, 2.05) is 30.3 Å². The fourth-order valence-corrected chi connectivity index (χ4v) is 1.38. The summed E-state index contributed by atoms with van der Waals surface area (Å²) in [6.07, 6.45) is 4.42. The minimum Gasteiger partial charge on any atom is -0.496 e. The number of hydrazone groups is 1. The number of para-hydroxylation sites is 1. The number of hydrogen-bond acceptors (Lipinski definition) is 4. The van der Waals surface area contributed by atoms with Crippen LogP contribution in [0.5, 0.6) is 5.75 Å². The van der Waals surface area contributed by atoms with Gasteiger partial charge in [-0.15, -0.1) is 0 Å². The number of amides is 1. The Balaban J connectivity index is 2.48. The van der Waals surface area contributed by atoms with Gasteiger partial charge in [0.25, 0.3) is 0 Å². The Morgan fingerprint density at radius 1 is 1.30 bits per heavy atom. The van der Waals surface area contributed by atoms with Crippen molar-refractivity contribution in [1.82, 2.24) is 5.43 Å². The Kier molecular flexibility index (Phi) is 5.77. The maximum absolute atomic E-state index is 11.3. The van der Waals surface area contributed by atoms with Crippen LogP contribution in [0.2, 0.25) is 0 Å². The van der Waals surface area contributed by atoms with Crippen LogP contribution in [0.4, 0.5) is 4.79 Å². The van der Waals surface area contributed by atoms with Crippen LogP contribution in [0.3, 0.4) is 0 Å². The lowest BCUT2D eigenvalue weighted by Crippen LogP contribution is -2.29. The summed E-state index contributed by atoms with van der Waals surface area (Å²) in [6.45, 7) is 5.37. The molecule has 5 heteroatoms. The Labute approximate surface area is 119 Å². The summed E-state index contributed by atoms with van der Waals surface area (Å²) in [6, 6.07) is 7.60. The predicted molar refractivity (Wildman–Crippen MR) is 79.9 cm³/mol. The molecule has 1 rings (SSSR count). The van der Waals surface area contributed by atoms with Crippen LogP contribution in [0.15, 0.2) is 35.4 Å². The van der Waals surface area contributed by atoms with E-state index in [1.165, 1.54) is 6.21 Å². The largest absolute Gasteiger partial charge is 0.496 e. The van der Waals surface area contributed by atoms with Gasteiger partial charge in [0.15, 0.2) is 0 Å². The second-order valence-corrected chi connectivity index (χ2v) is 4.99. The first-order valence-electron chi connectivity index (χ1n) is 6.24. The number of benzene rings is 1. The number of ether oxygens (including phenoxy) is 2. The molecule has 0 saturated heterocycles. The molecule has 0 atom stereocenters. The molecule has 0 heterocycles. The second kappa shape index (κ2) is 7.33. The number of rotatable bonds is 4. The van der Waals surface area contributed by atoms with E-state index in [1.54, 1.807) is 34.0 Å². The normalized spacial score (nSPS) is 11.8. The van der Waals surface area contributed by atoms with Crippen LogP contribution in [-0.4, -0.2) is 25.0 Å². The Morgan fingerprint density at radius 2 is 2.00 bits per heavy atom. The van der Waals surface area contributed by atoms with Gasteiger partial charge in [0, 0.05) is 11.8 Å². The quantitative estimate of drug-likeness (QED) is 0.678. The molecule has 20 heavy (non-hydrogen) atoms.